The number of nitrogens with one attached hydrogen (secondary N) is 3. The van der Waals surface area contributed by atoms with Crippen LogP contribution < -0.4 is 20.3 Å². The number of rotatable bonds is 7. The lowest BCUT2D eigenvalue weighted by Gasteiger charge is -2.15. The Morgan fingerprint density at radius 3 is 2.47 bits per heavy atom. The first-order chi connectivity index (χ1) is 14.4. The minimum atomic E-state index is -2.74. The molecule has 0 spiro atoms. The van der Waals surface area contributed by atoms with E-state index in [0.29, 0.717) is 23.6 Å². The van der Waals surface area contributed by atoms with Crippen LogP contribution in [0.25, 0.3) is 11.0 Å². The average Bonchev–Trinajstić information content (AvgIpc) is 3.17. The topological polar surface area (TPSA) is 105 Å². The summed E-state index contributed by atoms with van der Waals surface area (Å²) in [7, 11) is 0. The Morgan fingerprint density at radius 1 is 1.10 bits per heavy atom. The number of carbonyl (C=O) groups is 2. The fourth-order valence-electron chi connectivity index (χ4n) is 2.60. The standard InChI is InChI=1S/C20H20F2N4O4/c1-3-29-13-5-7-14(8-6-13)30-11(2)19(27)25-26-20(28)12-4-9-15-16(10-12)24-18(23-15)17(21)22/h4-11,17H,3H2,1-2H3,(H,23,24)(H,25,27)(H,26,28). The molecule has 3 aromatic rings. The first-order valence-electron chi connectivity index (χ1n) is 9.15. The van der Waals surface area contributed by atoms with Gasteiger partial charge in [0.2, 0.25) is 0 Å². The zero-order valence-corrected chi connectivity index (χ0v) is 16.2. The maximum absolute atomic E-state index is 12.7. The summed E-state index contributed by atoms with van der Waals surface area (Å²) in [5, 5.41) is 0. The van der Waals surface area contributed by atoms with Crippen molar-refractivity contribution in [2.24, 2.45) is 0 Å². The number of aromatic nitrogens is 2. The molecule has 8 nitrogen and oxygen atoms in total. The molecule has 0 radical (unpaired) electrons. The number of benzene rings is 2. The molecule has 1 heterocycles. The smallest absolute Gasteiger partial charge is 0.295 e. The van der Waals surface area contributed by atoms with Crippen molar-refractivity contribution in [1.82, 2.24) is 20.8 Å². The second kappa shape index (κ2) is 9.21. The maximum Gasteiger partial charge on any atom is 0.295 e. The van der Waals surface area contributed by atoms with Gasteiger partial charge in [0.15, 0.2) is 11.9 Å². The van der Waals surface area contributed by atoms with Crippen LogP contribution in [0.5, 0.6) is 11.5 Å². The van der Waals surface area contributed by atoms with Crippen molar-refractivity contribution >= 4 is 22.8 Å². The highest BCUT2D eigenvalue weighted by Crippen LogP contribution is 2.21. The third kappa shape index (κ3) is 5.02. The number of aromatic amines is 1. The van der Waals surface area contributed by atoms with E-state index in [4.69, 9.17) is 9.47 Å². The summed E-state index contributed by atoms with van der Waals surface area (Å²) in [5.41, 5.74) is 5.29. The largest absolute Gasteiger partial charge is 0.494 e. The van der Waals surface area contributed by atoms with E-state index in [2.05, 4.69) is 20.8 Å². The van der Waals surface area contributed by atoms with Crippen molar-refractivity contribution in [3.63, 3.8) is 0 Å². The molecule has 30 heavy (non-hydrogen) atoms. The predicted molar refractivity (Wildman–Crippen MR) is 104 cm³/mol. The van der Waals surface area contributed by atoms with Gasteiger partial charge in [0, 0.05) is 5.56 Å². The van der Waals surface area contributed by atoms with Crippen LogP contribution in [0.4, 0.5) is 8.78 Å². The zero-order valence-electron chi connectivity index (χ0n) is 16.2. The van der Waals surface area contributed by atoms with Crippen molar-refractivity contribution in [2.75, 3.05) is 6.61 Å². The molecule has 2 amide bonds. The summed E-state index contributed by atoms with van der Waals surface area (Å²) >= 11 is 0. The molecule has 0 aliphatic carbocycles. The first-order valence-corrected chi connectivity index (χ1v) is 9.15. The maximum atomic E-state index is 12.7. The lowest BCUT2D eigenvalue weighted by molar-refractivity contribution is -0.128. The van der Waals surface area contributed by atoms with Crippen LogP contribution in [0.3, 0.4) is 0 Å². The Balaban J connectivity index is 1.55. The van der Waals surface area contributed by atoms with Gasteiger partial charge in [-0.3, -0.25) is 20.4 Å². The van der Waals surface area contributed by atoms with Crippen LogP contribution in [-0.4, -0.2) is 34.5 Å². The summed E-state index contributed by atoms with van der Waals surface area (Å²) in [6.07, 6.45) is -3.63. The lowest BCUT2D eigenvalue weighted by Crippen LogP contribution is -2.47. The fraction of sp³-hybridized carbons (Fsp3) is 0.250. The van der Waals surface area contributed by atoms with Gasteiger partial charge in [0.25, 0.3) is 18.2 Å². The number of imidazole rings is 1. The van der Waals surface area contributed by atoms with Crippen LogP contribution in [0, 0.1) is 0 Å². The van der Waals surface area contributed by atoms with Gasteiger partial charge < -0.3 is 14.5 Å². The van der Waals surface area contributed by atoms with Crippen LogP contribution in [0.15, 0.2) is 42.5 Å². The Hall–Kier alpha value is -3.69. The van der Waals surface area contributed by atoms with Crippen molar-refractivity contribution in [3.8, 4) is 11.5 Å². The molecule has 0 saturated carbocycles. The number of ether oxygens (including phenoxy) is 2. The molecule has 0 fully saturated rings. The number of hydrogen-bond acceptors (Lipinski definition) is 5. The van der Waals surface area contributed by atoms with E-state index in [-0.39, 0.29) is 11.1 Å². The summed E-state index contributed by atoms with van der Waals surface area (Å²) in [5.74, 6) is -0.515. The normalized spacial score (nSPS) is 11.9. The highest BCUT2D eigenvalue weighted by atomic mass is 19.3. The van der Waals surface area contributed by atoms with Gasteiger partial charge >= 0.3 is 0 Å². The van der Waals surface area contributed by atoms with E-state index in [1.165, 1.54) is 25.1 Å². The van der Waals surface area contributed by atoms with Crippen molar-refractivity contribution < 1.29 is 27.8 Å². The first kappa shape index (κ1) is 21.0. The van der Waals surface area contributed by atoms with Crippen molar-refractivity contribution in [3.05, 3.63) is 53.9 Å². The van der Waals surface area contributed by atoms with Gasteiger partial charge in [-0.2, -0.15) is 0 Å². The third-order valence-corrected chi connectivity index (χ3v) is 4.09. The second-order valence-corrected chi connectivity index (χ2v) is 6.26. The number of hydrogen-bond donors (Lipinski definition) is 3. The molecule has 1 unspecified atom stereocenters. The quantitative estimate of drug-likeness (QED) is 0.512. The van der Waals surface area contributed by atoms with Gasteiger partial charge in [0.1, 0.15) is 11.5 Å². The third-order valence-electron chi connectivity index (χ3n) is 4.09. The minimum Gasteiger partial charge on any atom is -0.494 e. The number of amides is 2. The van der Waals surface area contributed by atoms with E-state index >= 15 is 0 Å². The fourth-order valence-corrected chi connectivity index (χ4v) is 2.60. The zero-order chi connectivity index (χ0) is 21.7. The summed E-state index contributed by atoms with van der Waals surface area (Å²) in [4.78, 5) is 30.6. The molecule has 158 valence electrons. The SMILES string of the molecule is CCOc1ccc(OC(C)C(=O)NNC(=O)c2ccc3nc(C(F)F)[nH]c3c2)cc1. The number of halogens is 2. The van der Waals surface area contributed by atoms with Crippen LogP contribution >= 0.6 is 0 Å². The van der Waals surface area contributed by atoms with Gasteiger partial charge in [-0.1, -0.05) is 0 Å². The number of alkyl halides is 2. The number of hydrazine groups is 1. The Labute approximate surface area is 170 Å². The molecular weight excluding hydrogens is 398 g/mol. The Bertz CT molecular complexity index is 1040. The molecule has 0 bridgehead atoms. The number of fused-ring (bicyclic) bond motifs is 1. The summed E-state index contributed by atoms with van der Waals surface area (Å²) < 4.78 is 36.3. The summed E-state index contributed by atoms with van der Waals surface area (Å²) in [6, 6.07) is 11.0. The molecular formula is C20H20F2N4O4. The highest BCUT2D eigenvalue weighted by molar-refractivity contribution is 5.98. The molecule has 0 saturated heterocycles. The molecule has 0 aliphatic heterocycles. The summed E-state index contributed by atoms with van der Waals surface area (Å²) in [6.45, 7) is 3.94. The van der Waals surface area contributed by atoms with Gasteiger partial charge in [-0.15, -0.1) is 0 Å². The van der Waals surface area contributed by atoms with Crippen molar-refractivity contribution in [1.29, 1.82) is 0 Å². The van der Waals surface area contributed by atoms with E-state index in [1.54, 1.807) is 24.3 Å². The van der Waals surface area contributed by atoms with Crippen molar-refractivity contribution in [2.45, 2.75) is 26.4 Å². The molecule has 3 N–H and O–H groups in total. The van der Waals surface area contributed by atoms with E-state index in [0.717, 1.165) is 0 Å². The van der Waals surface area contributed by atoms with Crippen LogP contribution in [0.2, 0.25) is 0 Å². The molecule has 2 aromatic carbocycles. The van der Waals surface area contributed by atoms with Crippen LogP contribution in [-0.2, 0) is 4.79 Å². The Kier molecular flexibility index (Phi) is 6.45. The van der Waals surface area contributed by atoms with Gasteiger partial charge in [-0.25, -0.2) is 13.8 Å². The number of carbonyl (C=O) groups excluding carboxylic acids is 2. The average molecular weight is 418 g/mol. The second-order valence-electron chi connectivity index (χ2n) is 6.26. The number of nitrogens with zero attached hydrogens (tertiary/aromatic N) is 1. The van der Waals surface area contributed by atoms with Gasteiger partial charge in [0.05, 0.1) is 17.6 Å². The van der Waals surface area contributed by atoms with Gasteiger partial charge in [-0.05, 0) is 56.3 Å². The lowest BCUT2D eigenvalue weighted by atomic mass is 10.2. The predicted octanol–water partition coefficient (Wildman–Crippen LogP) is 3.13. The van der Waals surface area contributed by atoms with E-state index in [1.807, 2.05) is 6.92 Å². The minimum absolute atomic E-state index is 0.160. The molecule has 1 atom stereocenters. The Morgan fingerprint density at radius 2 is 1.80 bits per heavy atom. The number of H-pyrrole nitrogens is 1. The van der Waals surface area contributed by atoms with Crippen LogP contribution in [0.1, 0.15) is 36.5 Å². The molecule has 0 aliphatic rings. The molecule has 1 aromatic heterocycles. The van der Waals surface area contributed by atoms with E-state index < -0.39 is 30.2 Å². The molecule has 10 heteroatoms. The highest BCUT2D eigenvalue weighted by Gasteiger charge is 2.17. The van der Waals surface area contributed by atoms with E-state index in [9.17, 15) is 18.4 Å². The molecule has 3 rings (SSSR count). The monoisotopic (exact) mass is 418 g/mol.